The minimum absolute atomic E-state index is 0.725. The molecule has 2 aromatic rings. The summed E-state index contributed by atoms with van der Waals surface area (Å²) in [5.74, 6) is 0.725. The van der Waals surface area contributed by atoms with Crippen LogP contribution in [0.4, 0.5) is 5.69 Å². The predicted octanol–water partition coefficient (Wildman–Crippen LogP) is 3.69. The van der Waals surface area contributed by atoms with Crippen LogP contribution in [0.2, 0.25) is 0 Å². The summed E-state index contributed by atoms with van der Waals surface area (Å²) in [6.07, 6.45) is 3.06. The van der Waals surface area contributed by atoms with Crippen LogP contribution in [-0.4, -0.2) is 23.0 Å². The van der Waals surface area contributed by atoms with Gasteiger partial charge in [0.15, 0.2) is 0 Å². The van der Waals surface area contributed by atoms with Crippen LogP contribution in [-0.2, 0) is 6.54 Å². The summed E-state index contributed by atoms with van der Waals surface area (Å²) in [6, 6.07) is 8.10. The van der Waals surface area contributed by atoms with Crippen LogP contribution in [0.5, 0.6) is 0 Å². The number of rotatable bonds is 6. The molecule has 0 spiro atoms. The molecule has 2 N–H and O–H groups in total. The summed E-state index contributed by atoms with van der Waals surface area (Å²) in [7, 11) is 0. The second kappa shape index (κ2) is 6.71. The molecule has 0 amide bonds. The molecule has 108 valence electrons. The van der Waals surface area contributed by atoms with Gasteiger partial charge >= 0.3 is 0 Å². The van der Waals surface area contributed by atoms with E-state index in [0.29, 0.717) is 0 Å². The Hall–Kier alpha value is -1.61. The first-order valence-electron chi connectivity index (χ1n) is 7.50. The quantitative estimate of drug-likeness (QED) is 0.815. The lowest BCUT2D eigenvalue weighted by Gasteiger charge is -2.24. The lowest BCUT2D eigenvalue weighted by Crippen LogP contribution is -2.28. The average molecular weight is 271 g/mol. The van der Waals surface area contributed by atoms with Gasteiger partial charge in [0, 0.05) is 30.4 Å². The van der Waals surface area contributed by atoms with Crippen molar-refractivity contribution in [3.8, 4) is 0 Å². The van der Waals surface area contributed by atoms with E-state index in [9.17, 15) is 0 Å². The highest BCUT2D eigenvalue weighted by Gasteiger charge is 2.11. The highest BCUT2D eigenvalue weighted by Crippen LogP contribution is 2.23. The van der Waals surface area contributed by atoms with Gasteiger partial charge in [-0.05, 0) is 36.2 Å². The topological polar surface area (TPSA) is 42.1 Å². The number of hydrogen-bond acceptors (Lipinski definition) is 3. The van der Waals surface area contributed by atoms with Crippen LogP contribution in [0, 0.1) is 5.92 Å². The summed E-state index contributed by atoms with van der Waals surface area (Å²) < 4.78 is 0. The highest BCUT2D eigenvalue weighted by molar-refractivity contribution is 5.92. The van der Waals surface area contributed by atoms with Gasteiger partial charge < -0.3 is 5.73 Å². The second-order valence-corrected chi connectivity index (χ2v) is 5.55. The molecule has 0 saturated heterocycles. The zero-order chi connectivity index (χ0) is 14.5. The fourth-order valence-corrected chi connectivity index (χ4v) is 2.50. The van der Waals surface area contributed by atoms with Gasteiger partial charge in [0.2, 0.25) is 0 Å². The van der Waals surface area contributed by atoms with Gasteiger partial charge in [-0.3, -0.25) is 9.88 Å². The highest BCUT2D eigenvalue weighted by atomic mass is 15.1. The van der Waals surface area contributed by atoms with E-state index in [2.05, 4.69) is 36.7 Å². The van der Waals surface area contributed by atoms with Gasteiger partial charge in [-0.2, -0.15) is 0 Å². The molecule has 0 aliphatic rings. The minimum Gasteiger partial charge on any atom is -0.398 e. The van der Waals surface area contributed by atoms with Crippen molar-refractivity contribution in [2.75, 3.05) is 18.8 Å². The van der Waals surface area contributed by atoms with Gasteiger partial charge in [-0.15, -0.1) is 0 Å². The lowest BCUT2D eigenvalue weighted by atomic mass is 10.1. The Kier molecular flexibility index (Phi) is 4.96. The molecule has 1 heterocycles. The molecule has 0 saturated carbocycles. The third-order valence-corrected chi connectivity index (χ3v) is 3.99. The molecule has 0 aliphatic carbocycles. The first kappa shape index (κ1) is 14.8. The van der Waals surface area contributed by atoms with Gasteiger partial charge in [-0.1, -0.05) is 33.3 Å². The van der Waals surface area contributed by atoms with Crippen molar-refractivity contribution in [3.63, 3.8) is 0 Å². The number of benzene rings is 1. The van der Waals surface area contributed by atoms with Crippen molar-refractivity contribution in [1.82, 2.24) is 9.88 Å². The second-order valence-electron chi connectivity index (χ2n) is 5.55. The number of nitrogen functional groups attached to an aromatic ring is 1. The number of nitrogens with two attached hydrogens (primary N) is 1. The predicted molar refractivity (Wildman–Crippen MR) is 86.6 cm³/mol. The number of anilines is 1. The molecule has 0 aliphatic heterocycles. The molecule has 3 heteroatoms. The summed E-state index contributed by atoms with van der Waals surface area (Å²) in [5, 5.41) is 1.06. The fraction of sp³-hybridized carbons (Fsp3) is 0.471. The standard InChI is InChI=1S/C17H25N3/c1-4-13(3)11-20(5-2)12-14-8-9-16(18)15-7-6-10-19-17(14)15/h6-10,13H,4-5,11-12,18H2,1-3H3. The molecule has 1 aromatic carbocycles. The van der Waals surface area contributed by atoms with E-state index in [1.807, 2.05) is 24.4 Å². The Balaban J connectivity index is 2.26. The van der Waals surface area contributed by atoms with E-state index in [-0.39, 0.29) is 0 Å². The smallest absolute Gasteiger partial charge is 0.0767 e. The SMILES string of the molecule is CCC(C)CN(CC)Cc1ccc(N)c2cccnc12. The molecule has 1 unspecified atom stereocenters. The van der Waals surface area contributed by atoms with Crippen LogP contribution >= 0.6 is 0 Å². The summed E-state index contributed by atoms with van der Waals surface area (Å²) >= 11 is 0. The largest absolute Gasteiger partial charge is 0.398 e. The van der Waals surface area contributed by atoms with Crippen molar-refractivity contribution < 1.29 is 0 Å². The van der Waals surface area contributed by atoms with E-state index >= 15 is 0 Å². The number of fused-ring (bicyclic) bond motifs is 1. The van der Waals surface area contributed by atoms with Crippen LogP contribution in [0.3, 0.4) is 0 Å². The summed E-state index contributed by atoms with van der Waals surface area (Å²) in [5.41, 5.74) is 9.15. The van der Waals surface area contributed by atoms with Crippen molar-refractivity contribution >= 4 is 16.6 Å². The van der Waals surface area contributed by atoms with Crippen molar-refractivity contribution in [1.29, 1.82) is 0 Å². The van der Waals surface area contributed by atoms with Crippen molar-refractivity contribution in [2.45, 2.75) is 33.7 Å². The van der Waals surface area contributed by atoms with Crippen LogP contribution < -0.4 is 5.73 Å². The summed E-state index contributed by atoms with van der Waals surface area (Å²) in [6.45, 7) is 9.90. The maximum Gasteiger partial charge on any atom is 0.0767 e. The van der Waals surface area contributed by atoms with E-state index in [1.165, 1.54) is 12.0 Å². The molecule has 1 aromatic heterocycles. The van der Waals surface area contributed by atoms with E-state index < -0.39 is 0 Å². The Bertz CT molecular complexity index is 565. The molecule has 0 radical (unpaired) electrons. The number of hydrogen-bond donors (Lipinski definition) is 1. The normalized spacial score (nSPS) is 13.0. The molecular formula is C17H25N3. The van der Waals surface area contributed by atoms with Gasteiger partial charge in [0.25, 0.3) is 0 Å². The fourth-order valence-electron chi connectivity index (χ4n) is 2.50. The lowest BCUT2D eigenvalue weighted by molar-refractivity contribution is 0.239. The Labute approximate surface area is 121 Å². The molecular weight excluding hydrogens is 246 g/mol. The Morgan fingerprint density at radius 2 is 2.05 bits per heavy atom. The molecule has 0 fully saturated rings. The molecule has 0 bridgehead atoms. The molecule has 20 heavy (non-hydrogen) atoms. The zero-order valence-electron chi connectivity index (χ0n) is 12.8. The maximum absolute atomic E-state index is 6.04. The third-order valence-electron chi connectivity index (χ3n) is 3.99. The zero-order valence-corrected chi connectivity index (χ0v) is 12.8. The van der Waals surface area contributed by atoms with Gasteiger partial charge in [0.1, 0.15) is 0 Å². The van der Waals surface area contributed by atoms with E-state index in [1.54, 1.807) is 0 Å². The summed E-state index contributed by atoms with van der Waals surface area (Å²) in [4.78, 5) is 7.00. The minimum atomic E-state index is 0.725. The maximum atomic E-state index is 6.04. The van der Waals surface area contributed by atoms with Crippen molar-refractivity contribution in [3.05, 3.63) is 36.0 Å². The Morgan fingerprint density at radius 3 is 2.75 bits per heavy atom. The average Bonchev–Trinajstić information content (AvgIpc) is 2.49. The monoisotopic (exact) mass is 271 g/mol. The van der Waals surface area contributed by atoms with E-state index in [0.717, 1.165) is 42.1 Å². The van der Waals surface area contributed by atoms with Crippen LogP contribution in [0.25, 0.3) is 10.9 Å². The van der Waals surface area contributed by atoms with Gasteiger partial charge in [-0.25, -0.2) is 0 Å². The third kappa shape index (κ3) is 3.28. The number of aromatic nitrogens is 1. The first-order valence-corrected chi connectivity index (χ1v) is 7.50. The number of nitrogens with zero attached hydrogens (tertiary/aromatic N) is 2. The Morgan fingerprint density at radius 1 is 1.25 bits per heavy atom. The number of pyridine rings is 1. The van der Waals surface area contributed by atoms with Crippen LogP contribution in [0.15, 0.2) is 30.5 Å². The molecule has 1 atom stereocenters. The van der Waals surface area contributed by atoms with Crippen molar-refractivity contribution in [2.24, 2.45) is 5.92 Å². The molecule has 2 rings (SSSR count). The van der Waals surface area contributed by atoms with Crippen LogP contribution in [0.1, 0.15) is 32.8 Å². The molecule has 3 nitrogen and oxygen atoms in total. The first-order chi connectivity index (χ1) is 9.65. The van der Waals surface area contributed by atoms with Gasteiger partial charge in [0.05, 0.1) is 5.52 Å². The van der Waals surface area contributed by atoms with E-state index in [4.69, 9.17) is 5.73 Å².